The Balaban J connectivity index is 1.72. The molecule has 2 saturated heterocycles. The molecule has 6 heteroatoms. The van der Waals surface area contributed by atoms with Gasteiger partial charge in [0.1, 0.15) is 0 Å². The number of nitrogens with zero attached hydrogens (tertiary/aromatic N) is 1. The molecule has 2 aliphatic rings. The van der Waals surface area contributed by atoms with Gasteiger partial charge in [-0.2, -0.15) is 0 Å². The summed E-state index contributed by atoms with van der Waals surface area (Å²) < 4.78 is 11.2. The van der Waals surface area contributed by atoms with Gasteiger partial charge in [-0.25, -0.2) is 0 Å². The van der Waals surface area contributed by atoms with Crippen molar-refractivity contribution >= 4 is 35.2 Å². The zero-order valence-corrected chi connectivity index (χ0v) is 14.2. The number of halogens is 2. The van der Waals surface area contributed by atoms with Gasteiger partial charge in [0, 0.05) is 22.7 Å². The zero-order valence-electron chi connectivity index (χ0n) is 12.7. The van der Waals surface area contributed by atoms with Gasteiger partial charge in [0.25, 0.3) is 0 Å². The van der Waals surface area contributed by atoms with Gasteiger partial charge in [-0.05, 0) is 49.1 Å². The fraction of sp³-hybridized carbons (Fsp3) is 0.471. The summed E-state index contributed by atoms with van der Waals surface area (Å²) in [5.74, 6) is -0.0511. The summed E-state index contributed by atoms with van der Waals surface area (Å²) in [6, 6.07) is 5.17. The highest BCUT2D eigenvalue weighted by atomic mass is 35.5. The molecule has 0 N–H and O–H groups in total. The van der Waals surface area contributed by atoms with Gasteiger partial charge in [-0.15, -0.1) is 0 Å². The molecule has 1 atom stereocenters. The van der Waals surface area contributed by atoms with Gasteiger partial charge < -0.3 is 14.4 Å². The molecule has 0 aromatic heterocycles. The van der Waals surface area contributed by atoms with Crippen molar-refractivity contribution in [1.82, 2.24) is 4.90 Å². The van der Waals surface area contributed by atoms with Crippen molar-refractivity contribution in [2.75, 3.05) is 19.8 Å². The quantitative estimate of drug-likeness (QED) is 0.774. The second-order valence-electron chi connectivity index (χ2n) is 5.70. The zero-order chi connectivity index (χ0) is 16.2. The maximum absolute atomic E-state index is 12.6. The van der Waals surface area contributed by atoms with E-state index in [4.69, 9.17) is 32.7 Å². The van der Waals surface area contributed by atoms with Crippen molar-refractivity contribution in [3.63, 3.8) is 0 Å². The van der Waals surface area contributed by atoms with E-state index in [1.165, 1.54) is 0 Å². The van der Waals surface area contributed by atoms with Gasteiger partial charge in [-0.1, -0.05) is 23.2 Å². The van der Waals surface area contributed by atoms with Gasteiger partial charge in [0.2, 0.25) is 5.91 Å². The maximum Gasteiger partial charge on any atom is 0.247 e. The summed E-state index contributed by atoms with van der Waals surface area (Å²) in [5, 5.41) is 1.15. The number of carbonyl (C=O) groups excluding carboxylic acids is 1. The largest absolute Gasteiger partial charge is 0.348 e. The summed E-state index contributed by atoms with van der Waals surface area (Å²) in [4.78, 5) is 14.4. The van der Waals surface area contributed by atoms with Crippen molar-refractivity contribution in [2.45, 2.75) is 31.6 Å². The third kappa shape index (κ3) is 4.07. The summed E-state index contributed by atoms with van der Waals surface area (Å²) >= 11 is 12.1. The van der Waals surface area contributed by atoms with E-state index in [9.17, 15) is 4.79 Å². The smallest absolute Gasteiger partial charge is 0.247 e. The standard InChI is InChI=1S/C17H19Cl2NO3/c18-13-5-6-14(19)12(11-13)4-7-16(21)20-8-2-1-3-15(20)17-22-9-10-23-17/h4-7,11,15,17H,1-3,8-10H2/b7-4+. The third-order valence-electron chi connectivity index (χ3n) is 4.16. The second-order valence-corrected chi connectivity index (χ2v) is 6.55. The number of amides is 1. The molecule has 2 heterocycles. The number of likely N-dealkylation sites (tertiary alicyclic amines) is 1. The van der Waals surface area contributed by atoms with E-state index in [2.05, 4.69) is 0 Å². The Hall–Kier alpha value is -1.07. The van der Waals surface area contributed by atoms with Crippen LogP contribution in [0.1, 0.15) is 24.8 Å². The molecule has 1 amide bonds. The van der Waals surface area contributed by atoms with Crippen molar-refractivity contribution in [3.05, 3.63) is 39.9 Å². The molecule has 4 nitrogen and oxygen atoms in total. The normalized spacial score (nSPS) is 22.9. The highest BCUT2D eigenvalue weighted by molar-refractivity contribution is 6.34. The Bertz CT molecular complexity index is 600. The van der Waals surface area contributed by atoms with E-state index in [0.29, 0.717) is 23.3 Å². The van der Waals surface area contributed by atoms with Crippen LogP contribution in [0.5, 0.6) is 0 Å². The first-order valence-corrected chi connectivity index (χ1v) is 8.58. The lowest BCUT2D eigenvalue weighted by Gasteiger charge is -2.37. The van der Waals surface area contributed by atoms with E-state index in [1.54, 1.807) is 30.4 Å². The molecule has 0 radical (unpaired) electrons. The molecular formula is C17H19Cl2NO3. The first-order valence-electron chi connectivity index (χ1n) is 7.82. The Morgan fingerprint density at radius 3 is 2.78 bits per heavy atom. The fourth-order valence-corrected chi connectivity index (χ4v) is 3.37. The third-order valence-corrected chi connectivity index (χ3v) is 4.74. The van der Waals surface area contributed by atoms with Crippen LogP contribution in [0.25, 0.3) is 6.08 Å². The maximum atomic E-state index is 12.6. The van der Waals surface area contributed by atoms with Crippen LogP contribution in [0, 0.1) is 0 Å². The molecule has 0 aliphatic carbocycles. The molecule has 2 fully saturated rings. The molecule has 124 valence electrons. The van der Waals surface area contributed by atoms with E-state index >= 15 is 0 Å². The number of piperidine rings is 1. The molecule has 1 aromatic rings. The molecule has 3 rings (SSSR count). The van der Waals surface area contributed by atoms with E-state index in [0.717, 1.165) is 31.4 Å². The number of hydrogen-bond acceptors (Lipinski definition) is 3. The Morgan fingerprint density at radius 2 is 2.00 bits per heavy atom. The van der Waals surface area contributed by atoms with Gasteiger partial charge in [0.05, 0.1) is 19.3 Å². The average molecular weight is 356 g/mol. The number of carbonyl (C=O) groups is 1. The second kappa shape index (κ2) is 7.67. The van der Waals surface area contributed by atoms with Crippen LogP contribution >= 0.6 is 23.2 Å². The molecule has 0 bridgehead atoms. The first-order chi connectivity index (χ1) is 11.1. The minimum atomic E-state index is -0.303. The monoisotopic (exact) mass is 355 g/mol. The minimum Gasteiger partial charge on any atom is -0.348 e. The molecule has 1 aromatic carbocycles. The Labute approximate surface area is 145 Å². The van der Waals surface area contributed by atoms with Gasteiger partial charge >= 0.3 is 0 Å². The van der Waals surface area contributed by atoms with Gasteiger partial charge in [0.15, 0.2) is 6.29 Å². The van der Waals surface area contributed by atoms with Crippen LogP contribution in [0.4, 0.5) is 0 Å². The van der Waals surface area contributed by atoms with E-state index in [-0.39, 0.29) is 18.2 Å². The first kappa shape index (κ1) is 16.8. The highest BCUT2D eigenvalue weighted by Gasteiger charge is 2.35. The van der Waals surface area contributed by atoms with Crippen LogP contribution in [0.3, 0.4) is 0 Å². The molecule has 0 saturated carbocycles. The Kier molecular flexibility index (Phi) is 5.59. The lowest BCUT2D eigenvalue weighted by molar-refractivity contribution is -0.145. The van der Waals surface area contributed by atoms with E-state index < -0.39 is 0 Å². The number of hydrogen-bond donors (Lipinski definition) is 0. The molecule has 0 spiro atoms. The molecule has 23 heavy (non-hydrogen) atoms. The van der Waals surface area contributed by atoms with Gasteiger partial charge in [-0.3, -0.25) is 4.79 Å². The summed E-state index contributed by atoms with van der Waals surface area (Å²) in [6.07, 6.45) is 5.94. The van der Waals surface area contributed by atoms with Crippen molar-refractivity contribution < 1.29 is 14.3 Å². The lowest BCUT2D eigenvalue weighted by Crippen LogP contribution is -2.49. The molecule has 1 unspecified atom stereocenters. The predicted octanol–water partition coefficient (Wildman–Crippen LogP) is 3.76. The topological polar surface area (TPSA) is 38.8 Å². The van der Waals surface area contributed by atoms with Crippen LogP contribution in [-0.2, 0) is 14.3 Å². The highest BCUT2D eigenvalue weighted by Crippen LogP contribution is 2.26. The summed E-state index contributed by atoms with van der Waals surface area (Å²) in [7, 11) is 0. The van der Waals surface area contributed by atoms with Crippen LogP contribution < -0.4 is 0 Å². The molecular weight excluding hydrogens is 337 g/mol. The number of benzene rings is 1. The SMILES string of the molecule is O=C(/C=C/c1cc(Cl)ccc1Cl)N1CCCCC1C1OCCO1. The average Bonchev–Trinajstić information content (AvgIpc) is 3.10. The van der Waals surface area contributed by atoms with Crippen LogP contribution in [0.15, 0.2) is 24.3 Å². The molecule has 2 aliphatic heterocycles. The summed E-state index contributed by atoms with van der Waals surface area (Å²) in [5.41, 5.74) is 0.731. The summed E-state index contributed by atoms with van der Waals surface area (Å²) in [6.45, 7) is 1.91. The number of ether oxygens (including phenoxy) is 2. The van der Waals surface area contributed by atoms with Crippen molar-refractivity contribution in [1.29, 1.82) is 0 Å². The lowest BCUT2D eigenvalue weighted by atomic mass is 10.0. The number of rotatable bonds is 3. The minimum absolute atomic E-state index is 0.0155. The van der Waals surface area contributed by atoms with Crippen molar-refractivity contribution in [3.8, 4) is 0 Å². The predicted molar refractivity (Wildman–Crippen MR) is 90.5 cm³/mol. The van der Waals surface area contributed by atoms with E-state index in [1.807, 2.05) is 4.90 Å². The Morgan fingerprint density at radius 1 is 1.22 bits per heavy atom. The fourth-order valence-electron chi connectivity index (χ4n) is 3.01. The van der Waals surface area contributed by atoms with Crippen LogP contribution in [-0.4, -0.2) is 42.9 Å². The van der Waals surface area contributed by atoms with Crippen LogP contribution in [0.2, 0.25) is 10.0 Å². The van der Waals surface area contributed by atoms with Crippen molar-refractivity contribution in [2.24, 2.45) is 0 Å².